The molecule has 1 aromatic heterocycles. The van der Waals surface area contributed by atoms with E-state index in [4.69, 9.17) is 4.98 Å². The predicted molar refractivity (Wildman–Crippen MR) is 116 cm³/mol. The molecule has 1 aliphatic heterocycles. The Hall–Kier alpha value is -2.37. The van der Waals surface area contributed by atoms with E-state index in [9.17, 15) is 9.59 Å². The minimum Gasteiger partial charge on any atom is -0.356 e. The van der Waals surface area contributed by atoms with E-state index in [0.29, 0.717) is 19.0 Å². The third-order valence-corrected chi connectivity index (χ3v) is 5.87. The van der Waals surface area contributed by atoms with Crippen LogP contribution in [0.3, 0.4) is 0 Å². The number of aromatic nitrogens is 2. The third-order valence-electron chi connectivity index (χ3n) is 5.87. The monoisotopic (exact) mass is 398 g/mol. The molecule has 6 nitrogen and oxygen atoms in total. The number of piperidine rings is 1. The highest BCUT2D eigenvalue weighted by Crippen LogP contribution is 2.21. The number of amides is 2. The van der Waals surface area contributed by atoms with Crippen LogP contribution in [0.2, 0.25) is 0 Å². The molecule has 2 heterocycles. The van der Waals surface area contributed by atoms with Crippen molar-refractivity contribution in [2.45, 2.75) is 77.8 Å². The summed E-state index contributed by atoms with van der Waals surface area (Å²) in [5.74, 6) is 1.29. The lowest BCUT2D eigenvalue weighted by molar-refractivity contribution is -0.135. The maximum Gasteiger partial charge on any atom is 0.242 e. The summed E-state index contributed by atoms with van der Waals surface area (Å²) in [5.41, 5.74) is 1.99. The van der Waals surface area contributed by atoms with Crippen molar-refractivity contribution in [3.05, 3.63) is 30.1 Å². The second kappa shape index (κ2) is 10.4. The molecule has 2 aromatic rings. The summed E-state index contributed by atoms with van der Waals surface area (Å²) in [6.07, 6.45) is 7.79. The molecule has 3 rings (SSSR count). The maximum atomic E-state index is 13.0. The normalized spacial score (nSPS) is 16.9. The summed E-state index contributed by atoms with van der Waals surface area (Å²) in [4.78, 5) is 31.2. The molecule has 1 aromatic carbocycles. The van der Waals surface area contributed by atoms with Gasteiger partial charge in [0.25, 0.3) is 0 Å². The molecule has 0 saturated carbocycles. The van der Waals surface area contributed by atoms with Crippen molar-refractivity contribution in [1.29, 1.82) is 0 Å². The molecule has 1 atom stereocenters. The lowest BCUT2D eigenvalue weighted by Crippen LogP contribution is -2.43. The number of unbranched alkanes of at least 4 members (excludes halogenated alkanes) is 2. The van der Waals surface area contributed by atoms with Gasteiger partial charge in [-0.3, -0.25) is 9.59 Å². The fourth-order valence-electron chi connectivity index (χ4n) is 4.13. The van der Waals surface area contributed by atoms with Crippen LogP contribution in [0.4, 0.5) is 0 Å². The quantitative estimate of drug-likeness (QED) is 0.655. The van der Waals surface area contributed by atoms with E-state index < -0.39 is 0 Å². The van der Waals surface area contributed by atoms with E-state index in [-0.39, 0.29) is 11.8 Å². The Morgan fingerprint density at radius 3 is 2.79 bits per heavy atom. The number of nitrogens with one attached hydrogen (secondary N) is 1. The number of hydrogen-bond donors (Lipinski definition) is 1. The van der Waals surface area contributed by atoms with Crippen molar-refractivity contribution in [3.8, 4) is 0 Å². The summed E-state index contributed by atoms with van der Waals surface area (Å²) in [5, 5.41) is 2.92. The van der Waals surface area contributed by atoms with Crippen LogP contribution in [-0.4, -0.2) is 45.4 Å². The van der Waals surface area contributed by atoms with E-state index in [2.05, 4.69) is 22.9 Å². The smallest absolute Gasteiger partial charge is 0.242 e. The second-order valence-corrected chi connectivity index (χ2v) is 8.05. The van der Waals surface area contributed by atoms with Gasteiger partial charge in [-0.05, 0) is 51.2 Å². The van der Waals surface area contributed by atoms with Gasteiger partial charge in [0.15, 0.2) is 0 Å². The molecule has 158 valence electrons. The number of benzene rings is 1. The molecule has 1 fully saturated rings. The molecule has 0 aliphatic carbocycles. The van der Waals surface area contributed by atoms with Gasteiger partial charge in [-0.15, -0.1) is 0 Å². The van der Waals surface area contributed by atoms with E-state index in [0.717, 1.165) is 68.5 Å². The Labute approximate surface area is 173 Å². The number of aryl methyl sites for hydroxylation is 1. The van der Waals surface area contributed by atoms with Gasteiger partial charge in [0, 0.05) is 32.0 Å². The molecular weight excluding hydrogens is 364 g/mol. The lowest BCUT2D eigenvalue weighted by atomic mass is 10.0. The largest absolute Gasteiger partial charge is 0.356 e. The number of carbonyl (C=O) groups is 2. The van der Waals surface area contributed by atoms with E-state index in [1.807, 2.05) is 30.0 Å². The summed E-state index contributed by atoms with van der Waals surface area (Å²) < 4.78 is 2.11. The van der Waals surface area contributed by atoms with E-state index >= 15 is 0 Å². The predicted octanol–water partition coefficient (Wildman–Crippen LogP) is 3.68. The van der Waals surface area contributed by atoms with Crippen molar-refractivity contribution < 1.29 is 9.59 Å². The molecule has 0 radical (unpaired) electrons. The number of rotatable bonds is 9. The SMILES string of the molecule is CCC(=O)NCCCCCc1nc2ccccc2n1CC(=O)N1CCCCC1C. The Morgan fingerprint density at radius 2 is 2.00 bits per heavy atom. The van der Waals surface area contributed by atoms with Crippen LogP contribution in [0.5, 0.6) is 0 Å². The molecule has 0 bridgehead atoms. The number of carbonyl (C=O) groups excluding carboxylic acids is 2. The second-order valence-electron chi connectivity index (χ2n) is 8.05. The Kier molecular flexibility index (Phi) is 7.67. The molecule has 6 heteroatoms. The minimum atomic E-state index is 0.109. The van der Waals surface area contributed by atoms with Crippen LogP contribution < -0.4 is 5.32 Å². The maximum absolute atomic E-state index is 13.0. The topological polar surface area (TPSA) is 67.2 Å². The van der Waals surface area contributed by atoms with E-state index in [1.54, 1.807) is 0 Å². The van der Waals surface area contributed by atoms with Crippen LogP contribution >= 0.6 is 0 Å². The average Bonchev–Trinajstić information content (AvgIpc) is 3.08. The molecular formula is C23H34N4O2. The first-order valence-corrected chi connectivity index (χ1v) is 11.1. The Bertz CT molecular complexity index is 829. The van der Waals surface area contributed by atoms with Gasteiger partial charge in [-0.2, -0.15) is 0 Å². The van der Waals surface area contributed by atoms with Gasteiger partial charge >= 0.3 is 0 Å². The summed E-state index contributed by atoms with van der Waals surface area (Å²) in [6.45, 7) is 5.99. The standard InChI is InChI=1S/C23H34N4O2/c1-3-22(28)24-15-9-4-5-14-21-25-19-12-6-7-13-20(19)27(21)17-23(29)26-16-10-8-11-18(26)2/h6-7,12-13,18H,3-5,8-11,14-17H2,1-2H3,(H,24,28). The van der Waals surface area contributed by atoms with E-state index in [1.165, 1.54) is 6.42 Å². The van der Waals surface area contributed by atoms with Crippen molar-refractivity contribution in [2.75, 3.05) is 13.1 Å². The first-order chi connectivity index (χ1) is 14.1. The molecule has 29 heavy (non-hydrogen) atoms. The number of imidazole rings is 1. The first kappa shape index (κ1) is 21.3. The summed E-state index contributed by atoms with van der Waals surface area (Å²) in [7, 11) is 0. The molecule has 2 amide bonds. The Balaban J connectivity index is 1.63. The van der Waals surface area contributed by atoms with Crippen LogP contribution in [0.25, 0.3) is 11.0 Å². The average molecular weight is 399 g/mol. The molecule has 1 unspecified atom stereocenters. The highest BCUT2D eigenvalue weighted by Gasteiger charge is 2.24. The van der Waals surface area contributed by atoms with Gasteiger partial charge in [0.05, 0.1) is 11.0 Å². The highest BCUT2D eigenvalue weighted by molar-refractivity contribution is 5.81. The van der Waals surface area contributed by atoms with Crippen LogP contribution in [0, 0.1) is 0 Å². The number of nitrogens with zero attached hydrogens (tertiary/aromatic N) is 3. The lowest BCUT2D eigenvalue weighted by Gasteiger charge is -2.33. The van der Waals surface area contributed by atoms with Crippen LogP contribution in [0.15, 0.2) is 24.3 Å². The summed E-state index contributed by atoms with van der Waals surface area (Å²) in [6, 6.07) is 8.40. The van der Waals surface area contributed by atoms with Gasteiger partial charge in [-0.1, -0.05) is 25.5 Å². The van der Waals surface area contributed by atoms with Crippen LogP contribution in [-0.2, 0) is 22.6 Å². The number of likely N-dealkylation sites (tertiary alicyclic amines) is 1. The zero-order valence-electron chi connectivity index (χ0n) is 17.8. The molecule has 1 saturated heterocycles. The first-order valence-electron chi connectivity index (χ1n) is 11.1. The van der Waals surface area contributed by atoms with Gasteiger partial charge in [-0.25, -0.2) is 4.98 Å². The van der Waals surface area contributed by atoms with Gasteiger partial charge < -0.3 is 14.8 Å². The van der Waals surface area contributed by atoms with Crippen LogP contribution in [0.1, 0.15) is 64.6 Å². The third kappa shape index (κ3) is 5.58. The molecule has 0 spiro atoms. The zero-order valence-corrected chi connectivity index (χ0v) is 17.8. The summed E-state index contributed by atoms with van der Waals surface area (Å²) >= 11 is 0. The zero-order chi connectivity index (χ0) is 20.6. The highest BCUT2D eigenvalue weighted by atomic mass is 16.2. The number of hydrogen-bond acceptors (Lipinski definition) is 3. The van der Waals surface area contributed by atoms with Crippen molar-refractivity contribution in [3.63, 3.8) is 0 Å². The Morgan fingerprint density at radius 1 is 1.17 bits per heavy atom. The number of fused-ring (bicyclic) bond motifs is 1. The fraction of sp³-hybridized carbons (Fsp3) is 0.609. The van der Waals surface area contributed by atoms with Crippen molar-refractivity contribution in [1.82, 2.24) is 19.8 Å². The fourth-order valence-corrected chi connectivity index (χ4v) is 4.13. The molecule has 1 N–H and O–H groups in total. The minimum absolute atomic E-state index is 0.109. The van der Waals surface area contributed by atoms with Crippen molar-refractivity contribution >= 4 is 22.8 Å². The molecule has 1 aliphatic rings. The number of para-hydroxylation sites is 2. The van der Waals surface area contributed by atoms with Crippen molar-refractivity contribution in [2.24, 2.45) is 0 Å². The van der Waals surface area contributed by atoms with Gasteiger partial charge in [0.2, 0.25) is 11.8 Å². The van der Waals surface area contributed by atoms with Gasteiger partial charge in [0.1, 0.15) is 12.4 Å².